The maximum absolute atomic E-state index is 11.0. The summed E-state index contributed by atoms with van der Waals surface area (Å²) in [5.41, 5.74) is 6.50. The predicted molar refractivity (Wildman–Crippen MR) is 58.7 cm³/mol. The van der Waals surface area contributed by atoms with E-state index < -0.39 is 5.91 Å². The van der Waals surface area contributed by atoms with Gasteiger partial charge in [-0.3, -0.25) is 9.78 Å². The number of carbonyl (C=O) groups excluding carboxylic acids is 1. The minimum Gasteiger partial charge on any atom is -0.367 e. The van der Waals surface area contributed by atoms with E-state index in [9.17, 15) is 4.79 Å². The highest BCUT2D eigenvalue weighted by molar-refractivity contribution is 5.91. The van der Waals surface area contributed by atoms with Crippen LogP contribution >= 0.6 is 0 Å². The van der Waals surface area contributed by atoms with E-state index in [1.165, 1.54) is 0 Å². The fourth-order valence-corrected chi connectivity index (χ4v) is 1.63. The zero-order valence-electron chi connectivity index (χ0n) is 8.39. The molecule has 1 aliphatic rings. The molecule has 78 valence electrons. The van der Waals surface area contributed by atoms with Crippen molar-refractivity contribution < 1.29 is 4.79 Å². The van der Waals surface area contributed by atoms with Crippen LogP contribution in [-0.4, -0.2) is 24.0 Å². The molecule has 0 aliphatic carbocycles. The van der Waals surface area contributed by atoms with Crippen LogP contribution in [-0.2, 0) is 0 Å². The molecular formula is C11H13N3O. The van der Waals surface area contributed by atoms with Gasteiger partial charge in [-0.15, -0.1) is 0 Å². The van der Waals surface area contributed by atoms with E-state index in [-0.39, 0.29) is 0 Å². The number of anilines is 1. The fourth-order valence-electron chi connectivity index (χ4n) is 1.63. The van der Waals surface area contributed by atoms with E-state index in [0.29, 0.717) is 5.69 Å². The minimum atomic E-state index is -0.482. The summed E-state index contributed by atoms with van der Waals surface area (Å²) in [6.45, 7) is 1.85. The van der Waals surface area contributed by atoms with Crippen molar-refractivity contribution in [1.29, 1.82) is 0 Å². The molecule has 1 aromatic heterocycles. The second-order valence-electron chi connectivity index (χ2n) is 3.47. The summed E-state index contributed by atoms with van der Waals surface area (Å²) < 4.78 is 0. The number of primary amides is 1. The summed E-state index contributed by atoms with van der Waals surface area (Å²) in [6.07, 6.45) is 6.93. The Morgan fingerprint density at radius 3 is 3.00 bits per heavy atom. The minimum absolute atomic E-state index is 0.321. The molecule has 0 spiro atoms. The van der Waals surface area contributed by atoms with Crippen molar-refractivity contribution >= 4 is 11.6 Å². The number of nitrogens with two attached hydrogens (primary N) is 1. The molecule has 0 unspecified atom stereocenters. The van der Waals surface area contributed by atoms with Crippen LogP contribution < -0.4 is 10.6 Å². The van der Waals surface area contributed by atoms with E-state index in [4.69, 9.17) is 5.73 Å². The lowest BCUT2D eigenvalue weighted by atomic mass is 10.2. The van der Waals surface area contributed by atoms with Gasteiger partial charge in [0.1, 0.15) is 5.69 Å². The third kappa shape index (κ3) is 2.15. The maximum Gasteiger partial charge on any atom is 0.267 e. The molecular weight excluding hydrogens is 190 g/mol. The lowest BCUT2D eigenvalue weighted by molar-refractivity contribution is 0.0995. The Morgan fingerprint density at radius 1 is 1.47 bits per heavy atom. The van der Waals surface area contributed by atoms with Gasteiger partial charge in [0.25, 0.3) is 5.91 Å². The van der Waals surface area contributed by atoms with E-state index in [1.54, 1.807) is 12.3 Å². The zero-order valence-corrected chi connectivity index (χ0v) is 8.39. The molecule has 15 heavy (non-hydrogen) atoms. The molecule has 0 fully saturated rings. The first kappa shape index (κ1) is 9.71. The number of rotatable bonds is 2. The Labute approximate surface area is 88.4 Å². The van der Waals surface area contributed by atoms with Crippen LogP contribution in [0.3, 0.4) is 0 Å². The van der Waals surface area contributed by atoms with Crippen LogP contribution in [0.5, 0.6) is 0 Å². The Morgan fingerprint density at radius 2 is 2.33 bits per heavy atom. The first-order valence-electron chi connectivity index (χ1n) is 4.93. The van der Waals surface area contributed by atoms with E-state index in [2.05, 4.69) is 22.0 Å². The van der Waals surface area contributed by atoms with Gasteiger partial charge in [0.2, 0.25) is 0 Å². The van der Waals surface area contributed by atoms with Crippen LogP contribution in [0.15, 0.2) is 30.5 Å². The van der Waals surface area contributed by atoms with Gasteiger partial charge in [0, 0.05) is 25.0 Å². The average molecular weight is 203 g/mol. The third-order valence-electron chi connectivity index (χ3n) is 2.42. The lowest BCUT2D eigenvalue weighted by Gasteiger charge is -2.25. The van der Waals surface area contributed by atoms with Gasteiger partial charge in [-0.2, -0.15) is 0 Å². The van der Waals surface area contributed by atoms with Crippen molar-refractivity contribution in [2.45, 2.75) is 6.42 Å². The first-order chi connectivity index (χ1) is 7.27. The summed E-state index contributed by atoms with van der Waals surface area (Å²) >= 11 is 0. The fraction of sp³-hybridized carbons (Fsp3) is 0.273. The quantitative estimate of drug-likeness (QED) is 0.728. The highest BCUT2D eigenvalue weighted by atomic mass is 16.1. The number of aromatic nitrogens is 1. The molecule has 2 N–H and O–H groups in total. The van der Waals surface area contributed by atoms with E-state index >= 15 is 0 Å². The molecule has 0 radical (unpaired) electrons. The predicted octanol–water partition coefficient (Wildman–Crippen LogP) is 0.947. The molecule has 0 bridgehead atoms. The number of hydrogen-bond donors (Lipinski definition) is 1. The van der Waals surface area contributed by atoms with Crippen molar-refractivity contribution in [3.63, 3.8) is 0 Å². The Balaban J connectivity index is 2.24. The summed E-state index contributed by atoms with van der Waals surface area (Å²) in [6, 6.07) is 3.63. The van der Waals surface area contributed by atoms with Gasteiger partial charge in [0.15, 0.2) is 0 Å². The van der Waals surface area contributed by atoms with Crippen LogP contribution in [0.4, 0.5) is 5.69 Å². The van der Waals surface area contributed by atoms with Crippen LogP contribution in [0.2, 0.25) is 0 Å². The second-order valence-corrected chi connectivity index (χ2v) is 3.47. The van der Waals surface area contributed by atoms with Gasteiger partial charge in [-0.1, -0.05) is 12.2 Å². The topological polar surface area (TPSA) is 59.2 Å². The normalized spacial score (nSPS) is 15.3. The van der Waals surface area contributed by atoms with Crippen molar-refractivity contribution in [2.24, 2.45) is 5.73 Å². The summed E-state index contributed by atoms with van der Waals surface area (Å²) in [5, 5.41) is 0. The highest BCUT2D eigenvalue weighted by Crippen LogP contribution is 2.16. The van der Waals surface area contributed by atoms with Gasteiger partial charge in [0.05, 0.1) is 0 Å². The number of hydrogen-bond acceptors (Lipinski definition) is 3. The first-order valence-corrected chi connectivity index (χ1v) is 4.93. The van der Waals surface area contributed by atoms with Gasteiger partial charge >= 0.3 is 0 Å². The molecule has 4 heteroatoms. The lowest BCUT2D eigenvalue weighted by Crippen LogP contribution is -2.27. The molecule has 1 aromatic rings. The standard InChI is InChI=1S/C11H13N3O/c12-11(15)10-8-9(4-5-13-10)14-6-2-1-3-7-14/h1-2,4-5,8H,3,6-7H2,(H2,12,15). The Hall–Kier alpha value is -1.84. The average Bonchev–Trinajstić information content (AvgIpc) is 2.30. The monoisotopic (exact) mass is 203 g/mol. The van der Waals surface area contributed by atoms with E-state index in [1.807, 2.05) is 6.07 Å². The molecule has 0 saturated carbocycles. The van der Waals surface area contributed by atoms with Crippen molar-refractivity contribution in [1.82, 2.24) is 4.98 Å². The van der Waals surface area contributed by atoms with Crippen LogP contribution in [0, 0.1) is 0 Å². The second kappa shape index (κ2) is 4.13. The molecule has 1 aliphatic heterocycles. The zero-order chi connectivity index (χ0) is 10.7. The van der Waals surface area contributed by atoms with Gasteiger partial charge in [-0.25, -0.2) is 0 Å². The third-order valence-corrected chi connectivity index (χ3v) is 2.42. The molecule has 0 saturated heterocycles. The van der Waals surface area contributed by atoms with Gasteiger partial charge < -0.3 is 10.6 Å². The largest absolute Gasteiger partial charge is 0.367 e. The number of nitrogens with zero attached hydrogens (tertiary/aromatic N) is 2. The van der Waals surface area contributed by atoms with Crippen molar-refractivity contribution in [2.75, 3.05) is 18.0 Å². The molecule has 0 aromatic carbocycles. The molecule has 2 heterocycles. The van der Waals surface area contributed by atoms with Crippen molar-refractivity contribution in [3.8, 4) is 0 Å². The highest BCUT2D eigenvalue weighted by Gasteiger charge is 2.09. The van der Waals surface area contributed by atoms with Crippen LogP contribution in [0.1, 0.15) is 16.9 Å². The molecule has 1 amide bonds. The van der Waals surface area contributed by atoms with Crippen molar-refractivity contribution in [3.05, 3.63) is 36.2 Å². The Bertz CT molecular complexity index is 401. The van der Waals surface area contributed by atoms with Crippen LogP contribution in [0.25, 0.3) is 0 Å². The Kier molecular flexibility index (Phi) is 2.67. The molecule has 2 rings (SSSR count). The SMILES string of the molecule is NC(=O)c1cc(N2CC=CCC2)ccn1. The van der Waals surface area contributed by atoms with E-state index in [0.717, 1.165) is 25.2 Å². The number of pyridine rings is 1. The summed E-state index contributed by atoms with van der Waals surface area (Å²) in [5.74, 6) is -0.482. The maximum atomic E-state index is 11.0. The molecule has 0 atom stereocenters. The number of carbonyl (C=O) groups is 1. The molecule has 4 nitrogen and oxygen atoms in total. The van der Waals surface area contributed by atoms with Gasteiger partial charge in [-0.05, 0) is 18.6 Å². The summed E-state index contributed by atoms with van der Waals surface area (Å²) in [4.78, 5) is 17.1. The number of amides is 1. The smallest absolute Gasteiger partial charge is 0.267 e. The summed E-state index contributed by atoms with van der Waals surface area (Å²) in [7, 11) is 0.